The van der Waals surface area contributed by atoms with Crippen molar-refractivity contribution in [2.24, 2.45) is 5.73 Å². The number of hydrogen-bond donors (Lipinski definition) is 1. The average molecular weight is 340 g/mol. The highest BCUT2D eigenvalue weighted by Gasteiger charge is 2.34. The molecule has 0 bridgehead atoms. The van der Waals surface area contributed by atoms with E-state index in [1.165, 1.54) is 12.0 Å². The van der Waals surface area contributed by atoms with Crippen LogP contribution in [0.25, 0.3) is 33.4 Å². The first-order valence-corrected chi connectivity index (χ1v) is 9.06. The molecular formula is C23H20N2O. The van der Waals surface area contributed by atoms with Crippen molar-refractivity contribution in [3.05, 3.63) is 78.6 Å². The van der Waals surface area contributed by atoms with Crippen LogP contribution in [0, 0.1) is 0 Å². The number of aromatic nitrogens is 1. The lowest BCUT2D eigenvalue weighted by Crippen LogP contribution is -2.43. The molecule has 3 nitrogen and oxygen atoms in total. The van der Waals surface area contributed by atoms with Gasteiger partial charge >= 0.3 is 0 Å². The maximum atomic E-state index is 6.46. The Labute approximate surface area is 152 Å². The van der Waals surface area contributed by atoms with Crippen molar-refractivity contribution < 1.29 is 4.42 Å². The zero-order valence-electron chi connectivity index (χ0n) is 14.5. The normalized spacial score (nSPS) is 15.7. The molecule has 3 heteroatoms. The number of nitrogens with zero attached hydrogens (tertiary/aromatic N) is 1. The van der Waals surface area contributed by atoms with Gasteiger partial charge in [-0.3, -0.25) is 4.98 Å². The van der Waals surface area contributed by atoms with E-state index in [1.807, 2.05) is 18.3 Å². The standard InChI is InChI=1S/C23H20N2O/c24-23(12-4-13-23)18-9-7-17(8-10-18)22-21(16-5-2-1-3-6-16)19-11-14-25-15-20(19)26-22/h1-3,5-11,14-15H,4,12-13,24H2. The summed E-state index contributed by atoms with van der Waals surface area (Å²) in [5.41, 5.74) is 11.7. The minimum absolute atomic E-state index is 0.140. The van der Waals surface area contributed by atoms with Crippen LogP contribution in [0.5, 0.6) is 0 Å². The maximum absolute atomic E-state index is 6.46. The summed E-state index contributed by atoms with van der Waals surface area (Å²) >= 11 is 0. The van der Waals surface area contributed by atoms with Crippen LogP contribution in [0.2, 0.25) is 0 Å². The Kier molecular flexibility index (Phi) is 3.44. The van der Waals surface area contributed by atoms with E-state index >= 15 is 0 Å². The molecule has 1 fully saturated rings. The van der Waals surface area contributed by atoms with E-state index < -0.39 is 0 Å². The molecule has 0 atom stereocenters. The maximum Gasteiger partial charge on any atom is 0.153 e. The van der Waals surface area contributed by atoms with Crippen LogP contribution in [0.3, 0.4) is 0 Å². The molecule has 0 radical (unpaired) electrons. The van der Waals surface area contributed by atoms with Gasteiger partial charge < -0.3 is 10.2 Å². The zero-order valence-corrected chi connectivity index (χ0v) is 14.5. The molecule has 1 aliphatic carbocycles. The SMILES string of the molecule is NC1(c2ccc(-c3oc4cnccc4c3-c3ccccc3)cc2)CCC1. The first-order chi connectivity index (χ1) is 12.7. The summed E-state index contributed by atoms with van der Waals surface area (Å²) in [4.78, 5) is 4.21. The molecule has 0 aliphatic heterocycles. The second-order valence-corrected chi connectivity index (χ2v) is 7.13. The van der Waals surface area contributed by atoms with Crippen molar-refractivity contribution >= 4 is 11.0 Å². The highest BCUT2D eigenvalue weighted by Crippen LogP contribution is 2.42. The van der Waals surface area contributed by atoms with Crippen molar-refractivity contribution in [1.29, 1.82) is 0 Å². The molecule has 2 N–H and O–H groups in total. The van der Waals surface area contributed by atoms with Crippen LogP contribution in [0.1, 0.15) is 24.8 Å². The van der Waals surface area contributed by atoms with Gasteiger partial charge in [0.1, 0.15) is 5.76 Å². The summed E-state index contributed by atoms with van der Waals surface area (Å²) in [6, 6.07) is 20.9. The van der Waals surface area contributed by atoms with Crippen molar-refractivity contribution in [2.75, 3.05) is 0 Å². The molecule has 0 unspecified atom stereocenters. The van der Waals surface area contributed by atoms with E-state index in [1.54, 1.807) is 6.20 Å². The molecule has 4 aromatic rings. The minimum Gasteiger partial charge on any atom is -0.454 e. The van der Waals surface area contributed by atoms with Gasteiger partial charge in [-0.15, -0.1) is 0 Å². The summed E-state index contributed by atoms with van der Waals surface area (Å²) in [5.74, 6) is 0.880. The van der Waals surface area contributed by atoms with E-state index in [0.717, 1.165) is 46.3 Å². The number of benzene rings is 2. The number of hydrogen-bond acceptors (Lipinski definition) is 3. The van der Waals surface area contributed by atoms with Gasteiger partial charge in [-0.05, 0) is 36.5 Å². The van der Waals surface area contributed by atoms with Crippen LogP contribution in [0.15, 0.2) is 77.5 Å². The summed E-state index contributed by atoms with van der Waals surface area (Å²) in [7, 11) is 0. The van der Waals surface area contributed by atoms with Crippen molar-refractivity contribution in [3.8, 4) is 22.5 Å². The number of rotatable bonds is 3. The molecule has 2 aromatic heterocycles. The molecule has 2 heterocycles. The topological polar surface area (TPSA) is 52.0 Å². The highest BCUT2D eigenvalue weighted by atomic mass is 16.3. The number of furan rings is 1. The molecule has 128 valence electrons. The Hall–Kier alpha value is -2.91. The molecule has 1 aliphatic rings. The van der Waals surface area contributed by atoms with Crippen molar-refractivity contribution in [3.63, 3.8) is 0 Å². The average Bonchev–Trinajstić information content (AvgIpc) is 3.06. The third-order valence-corrected chi connectivity index (χ3v) is 5.52. The van der Waals surface area contributed by atoms with Crippen LogP contribution < -0.4 is 5.73 Å². The van der Waals surface area contributed by atoms with Gasteiger partial charge in [-0.2, -0.15) is 0 Å². The van der Waals surface area contributed by atoms with E-state index in [4.69, 9.17) is 10.2 Å². The summed E-state index contributed by atoms with van der Waals surface area (Å²) in [6.45, 7) is 0. The van der Waals surface area contributed by atoms with Gasteiger partial charge in [0.15, 0.2) is 5.58 Å². The molecule has 26 heavy (non-hydrogen) atoms. The Balaban J connectivity index is 1.67. The van der Waals surface area contributed by atoms with Crippen molar-refractivity contribution in [1.82, 2.24) is 4.98 Å². The fraction of sp³-hybridized carbons (Fsp3) is 0.174. The van der Waals surface area contributed by atoms with Gasteiger partial charge in [0.25, 0.3) is 0 Å². The van der Waals surface area contributed by atoms with E-state index in [2.05, 4.69) is 53.5 Å². The Morgan fingerprint density at radius 1 is 0.885 bits per heavy atom. The largest absolute Gasteiger partial charge is 0.454 e. The first-order valence-electron chi connectivity index (χ1n) is 9.06. The fourth-order valence-electron chi connectivity index (χ4n) is 3.85. The fourth-order valence-corrected chi connectivity index (χ4v) is 3.85. The van der Waals surface area contributed by atoms with Gasteiger partial charge in [0.2, 0.25) is 0 Å². The zero-order chi connectivity index (χ0) is 17.6. The monoisotopic (exact) mass is 340 g/mol. The molecule has 0 spiro atoms. The lowest BCUT2D eigenvalue weighted by molar-refractivity contribution is 0.253. The molecular weight excluding hydrogens is 320 g/mol. The van der Waals surface area contributed by atoms with E-state index in [0.29, 0.717) is 0 Å². The highest BCUT2D eigenvalue weighted by molar-refractivity contribution is 6.01. The first kappa shape index (κ1) is 15.4. The number of fused-ring (bicyclic) bond motifs is 1. The molecule has 5 rings (SSSR count). The number of nitrogens with two attached hydrogens (primary N) is 1. The lowest BCUT2D eigenvalue weighted by atomic mass is 9.72. The second-order valence-electron chi connectivity index (χ2n) is 7.13. The van der Waals surface area contributed by atoms with E-state index in [-0.39, 0.29) is 5.54 Å². The predicted octanol–water partition coefficient (Wildman–Crippen LogP) is 5.50. The summed E-state index contributed by atoms with van der Waals surface area (Å²) < 4.78 is 6.21. The Bertz CT molecular complexity index is 1060. The quantitative estimate of drug-likeness (QED) is 0.536. The molecule has 1 saturated carbocycles. The summed E-state index contributed by atoms with van der Waals surface area (Å²) in [6.07, 6.45) is 6.94. The van der Waals surface area contributed by atoms with Gasteiger partial charge in [-0.25, -0.2) is 0 Å². The Morgan fingerprint density at radius 2 is 1.65 bits per heavy atom. The second kappa shape index (κ2) is 5.82. The molecule has 2 aromatic carbocycles. The smallest absolute Gasteiger partial charge is 0.153 e. The third kappa shape index (κ3) is 2.36. The van der Waals surface area contributed by atoms with Crippen molar-refractivity contribution in [2.45, 2.75) is 24.8 Å². The van der Waals surface area contributed by atoms with Crippen LogP contribution in [-0.4, -0.2) is 4.98 Å². The number of pyridine rings is 1. The molecule has 0 amide bonds. The lowest BCUT2D eigenvalue weighted by Gasteiger charge is -2.38. The van der Waals surface area contributed by atoms with Crippen LogP contribution >= 0.6 is 0 Å². The summed E-state index contributed by atoms with van der Waals surface area (Å²) in [5, 5.41) is 1.08. The van der Waals surface area contributed by atoms with Gasteiger partial charge in [0.05, 0.1) is 6.20 Å². The van der Waals surface area contributed by atoms with Crippen LogP contribution in [0.4, 0.5) is 0 Å². The molecule has 0 saturated heterocycles. The van der Waals surface area contributed by atoms with Crippen LogP contribution in [-0.2, 0) is 5.54 Å². The van der Waals surface area contributed by atoms with Gasteiger partial charge in [-0.1, -0.05) is 54.6 Å². The van der Waals surface area contributed by atoms with E-state index in [9.17, 15) is 0 Å². The Morgan fingerprint density at radius 3 is 2.35 bits per heavy atom. The third-order valence-electron chi connectivity index (χ3n) is 5.52. The van der Waals surface area contributed by atoms with Gasteiger partial charge in [0, 0.05) is 28.2 Å². The minimum atomic E-state index is -0.140. The predicted molar refractivity (Wildman–Crippen MR) is 105 cm³/mol.